The average Bonchev–Trinajstić information content (AvgIpc) is 2.56. The predicted octanol–water partition coefficient (Wildman–Crippen LogP) is 4.05. The van der Waals surface area contributed by atoms with E-state index in [1.807, 2.05) is 24.3 Å². The molecule has 0 heterocycles. The van der Waals surface area contributed by atoms with E-state index in [9.17, 15) is 14.9 Å². The van der Waals surface area contributed by atoms with E-state index in [-0.39, 0.29) is 17.3 Å². The SMILES string of the molecule is Cc1ccc(/C=N\NC(=O)CSCc2cccc(Br)c2)cc1[N+](=O)[O-]. The van der Waals surface area contributed by atoms with Crippen LogP contribution < -0.4 is 5.43 Å². The maximum atomic E-state index is 11.8. The summed E-state index contributed by atoms with van der Waals surface area (Å²) in [5.41, 5.74) is 4.71. The Morgan fingerprint density at radius 3 is 2.88 bits per heavy atom. The molecule has 0 saturated carbocycles. The van der Waals surface area contributed by atoms with Crippen molar-refractivity contribution < 1.29 is 9.72 Å². The van der Waals surface area contributed by atoms with Gasteiger partial charge in [0.2, 0.25) is 5.91 Å². The largest absolute Gasteiger partial charge is 0.272 e. The monoisotopic (exact) mass is 421 g/mol. The Kier molecular flexibility index (Phi) is 7.15. The van der Waals surface area contributed by atoms with Crippen LogP contribution in [-0.4, -0.2) is 22.8 Å². The standard InChI is InChI=1S/C17H16BrN3O3S/c1-12-5-6-13(8-16(12)21(23)24)9-19-20-17(22)11-25-10-14-3-2-4-15(18)7-14/h2-9H,10-11H2,1H3,(H,20,22)/b19-9-. The first kappa shape index (κ1) is 19.1. The van der Waals surface area contributed by atoms with Gasteiger partial charge in [-0.05, 0) is 24.6 Å². The van der Waals surface area contributed by atoms with Crippen LogP contribution in [0.15, 0.2) is 52.0 Å². The van der Waals surface area contributed by atoms with Crippen molar-refractivity contribution in [3.8, 4) is 0 Å². The van der Waals surface area contributed by atoms with Gasteiger partial charge in [-0.25, -0.2) is 5.43 Å². The van der Waals surface area contributed by atoms with Crippen molar-refractivity contribution in [1.82, 2.24) is 5.43 Å². The Morgan fingerprint density at radius 1 is 1.36 bits per heavy atom. The first-order valence-electron chi connectivity index (χ1n) is 7.35. The molecule has 0 aliphatic carbocycles. The summed E-state index contributed by atoms with van der Waals surface area (Å²) < 4.78 is 1.01. The molecule has 1 N–H and O–H groups in total. The van der Waals surface area contributed by atoms with Gasteiger partial charge < -0.3 is 0 Å². The number of aryl methyl sites for hydroxylation is 1. The minimum absolute atomic E-state index is 0.0276. The first-order valence-corrected chi connectivity index (χ1v) is 9.29. The molecule has 0 radical (unpaired) electrons. The van der Waals surface area contributed by atoms with Crippen LogP contribution in [0.25, 0.3) is 0 Å². The van der Waals surface area contributed by atoms with E-state index in [0.717, 1.165) is 15.8 Å². The van der Waals surface area contributed by atoms with Crippen LogP contribution >= 0.6 is 27.7 Å². The Balaban J connectivity index is 1.80. The number of hydrogen-bond donors (Lipinski definition) is 1. The number of benzene rings is 2. The number of rotatable bonds is 7. The van der Waals surface area contributed by atoms with Crippen LogP contribution in [0.4, 0.5) is 5.69 Å². The fourth-order valence-corrected chi connectivity index (χ4v) is 3.22. The Hall–Kier alpha value is -2.19. The Morgan fingerprint density at radius 2 is 2.16 bits per heavy atom. The van der Waals surface area contributed by atoms with Gasteiger partial charge in [0.05, 0.1) is 16.9 Å². The van der Waals surface area contributed by atoms with Crippen LogP contribution in [0.1, 0.15) is 16.7 Å². The van der Waals surface area contributed by atoms with Crippen LogP contribution in [0.5, 0.6) is 0 Å². The molecule has 25 heavy (non-hydrogen) atoms. The first-order chi connectivity index (χ1) is 12.0. The summed E-state index contributed by atoms with van der Waals surface area (Å²) in [5.74, 6) is 0.774. The molecular weight excluding hydrogens is 406 g/mol. The van der Waals surface area contributed by atoms with E-state index >= 15 is 0 Å². The average molecular weight is 422 g/mol. The minimum atomic E-state index is -0.441. The zero-order chi connectivity index (χ0) is 18.2. The van der Waals surface area contributed by atoms with E-state index in [0.29, 0.717) is 11.1 Å². The highest BCUT2D eigenvalue weighted by molar-refractivity contribution is 9.10. The van der Waals surface area contributed by atoms with E-state index in [4.69, 9.17) is 0 Å². The Labute approximate surface area is 158 Å². The van der Waals surface area contributed by atoms with E-state index in [1.54, 1.807) is 19.1 Å². The summed E-state index contributed by atoms with van der Waals surface area (Å²) in [5, 5.41) is 14.7. The van der Waals surface area contributed by atoms with Crippen molar-refractivity contribution in [3.05, 3.63) is 73.7 Å². The number of hydrazone groups is 1. The fraction of sp³-hybridized carbons (Fsp3) is 0.176. The molecule has 0 saturated heterocycles. The van der Waals surface area contributed by atoms with Crippen molar-refractivity contribution in [2.75, 3.05) is 5.75 Å². The topological polar surface area (TPSA) is 84.6 Å². The molecule has 2 aromatic carbocycles. The summed E-state index contributed by atoms with van der Waals surface area (Å²) >= 11 is 4.89. The minimum Gasteiger partial charge on any atom is -0.272 e. The van der Waals surface area contributed by atoms with Crippen molar-refractivity contribution >= 4 is 45.5 Å². The Bertz CT molecular complexity index is 811. The highest BCUT2D eigenvalue weighted by atomic mass is 79.9. The van der Waals surface area contributed by atoms with Crippen molar-refractivity contribution in [1.29, 1.82) is 0 Å². The molecule has 0 aromatic heterocycles. The third-order valence-electron chi connectivity index (χ3n) is 3.22. The number of carbonyl (C=O) groups is 1. The van der Waals surface area contributed by atoms with Gasteiger partial charge in [0.25, 0.3) is 5.69 Å². The van der Waals surface area contributed by atoms with Gasteiger partial charge >= 0.3 is 0 Å². The molecule has 6 nitrogen and oxygen atoms in total. The molecule has 8 heteroatoms. The number of amides is 1. The number of nitro groups is 1. The van der Waals surface area contributed by atoms with Gasteiger partial charge in [-0.1, -0.05) is 40.2 Å². The zero-order valence-electron chi connectivity index (χ0n) is 13.4. The molecular formula is C17H16BrN3O3S. The lowest BCUT2D eigenvalue weighted by Gasteiger charge is -2.02. The number of nitrogens with zero attached hydrogens (tertiary/aromatic N) is 2. The molecule has 130 valence electrons. The number of hydrogen-bond acceptors (Lipinski definition) is 5. The van der Waals surface area contributed by atoms with Crippen molar-refractivity contribution in [2.45, 2.75) is 12.7 Å². The number of nitro benzene ring substituents is 1. The van der Waals surface area contributed by atoms with Gasteiger partial charge in [0.15, 0.2) is 0 Å². The third-order valence-corrected chi connectivity index (χ3v) is 4.72. The zero-order valence-corrected chi connectivity index (χ0v) is 15.8. The summed E-state index contributed by atoms with van der Waals surface area (Å²) in [6, 6.07) is 12.7. The van der Waals surface area contributed by atoms with Crippen LogP contribution in [0.3, 0.4) is 0 Å². The number of thioether (sulfide) groups is 1. The summed E-state index contributed by atoms with van der Waals surface area (Å²) in [6.45, 7) is 1.67. The maximum Gasteiger partial charge on any atom is 0.272 e. The van der Waals surface area contributed by atoms with Gasteiger partial charge in [0.1, 0.15) is 0 Å². The summed E-state index contributed by atoms with van der Waals surface area (Å²) in [4.78, 5) is 22.2. The third kappa shape index (κ3) is 6.32. The fourth-order valence-electron chi connectivity index (χ4n) is 2.00. The molecule has 0 aliphatic heterocycles. The van der Waals surface area contributed by atoms with E-state index in [2.05, 4.69) is 26.5 Å². The molecule has 0 spiro atoms. The van der Waals surface area contributed by atoms with Gasteiger partial charge in [-0.15, -0.1) is 11.8 Å². The molecule has 1 amide bonds. The van der Waals surface area contributed by atoms with E-state index in [1.165, 1.54) is 24.0 Å². The molecule has 0 atom stereocenters. The van der Waals surface area contributed by atoms with Gasteiger partial charge in [-0.3, -0.25) is 14.9 Å². The molecule has 0 aliphatic rings. The second-order valence-corrected chi connectivity index (χ2v) is 7.12. The van der Waals surface area contributed by atoms with Crippen molar-refractivity contribution in [2.24, 2.45) is 5.10 Å². The van der Waals surface area contributed by atoms with Crippen LogP contribution in [-0.2, 0) is 10.5 Å². The smallest absolute Gasteiger partial charge is 0.272 e. The molecule has 0 bridgehead atoms. The van der Waals surface area contributed by atoms with Gasteiger partial charge in [-0.2, -0.15) is 5.10 Å². The lowest BCUT2D eigenvalue weighted by atomic mass is 10.1. The summed E-state index contributed by atoms with van der Waals surface area (Å²) in [6.07, 6.45) is 1.39. The molecule has 0 unspecified atom stereocenters. The molecule has 0 fully saturated rings. The lowest BCUT2D eigenvalue weighted by molar-refractivity contribution is -0.385. The molecule has 2 rings (SSSR count). The maximum absolute atomic E-state index is 11.8. The van der Waals surface area contributed by atoms with Gasteiger partial charge in [0, 0.05) is 27.4 Å². The summed E-state index contributed by atoms with van der Waals surface area (Å²) in [7, 11) is 0. The normalized spacial score (nSPS) is 10.8. The second kappa shape index (κ2) is 9.33. The number of nitrogens with one attached hydrogen (secondary N) is 1. The lowest BCUT2D eigenvalue weighted by Crippen LogP contribution is -2.19. The highest BCUT2D eigenvalue weighted by Crippen LogP contribution is 2.18. The number of carbonyl (C=O) groups excluding carboxylic acids is 1. The quantitative estimate of drug-likeness (QED) is 0.415. The van der Waals surface area contributed by atoms with Crippen LogP contribution in [0.2, 0.25) is 0 Å². The second-order valence-electron chi connectivity index (χ2n) is 5.22. The van der Waals surface area contributed by atoms with Crippen LogP contribution in [0, 0.1) is 17.0 Å². The highest BCUT2D eigenvalue weighted by Gasteiger charge is 2.10. The number of halogens is 1. The molecule has 2 aromatic rings. The van der Waals surface area contributed by atoms with Crippen molar-refractivity contribution in [3.63, 3.8) is 0 Å². The predicted molar refractivity (Wildman–Crippen MR) is 104 cm³/mol. The van der Waals surface area contributed by atoms with E-state index < -0.39 is 4.92 Å².